The molecule has 2 aromatic heterocycles. The normalized spacial score (nSPS) is 11.6. The third-order valence-corrected chi connectivity index (χ3v) is 9.63. The van der Waals surface area contributed by atoms with E-state index in [4.69, 9.17) is 23.2 Å². The molecule has 0 N–H and O–H groups in total. The molecule has 0 bridgehead atoms. The summed E-state index contributed by atoms with van der Waals surface area (Å²) in [6, 6.07) is 53.0. The predicted octanol–water partition coefficient (Wildman–Crippen LogP) is 5.32. The van der Waals surface area contributed by atoms with E-state index in [0.29, 0.717) is 10.0 Å². The van der Waals surface area contributed by atoms with Crippen LogP contribution in [0, 0.1) is 12.1 Å². The van der Waals surface area contributed by atoms with Crippen LogP contribution in [0.5, 0.6) is 0 Å². The Balaban J connectivity index is 0.000000160. The number of aromatic nitrogens is 2. The van der Waals surface area contributed by atoms with Gasteiger partial charge in [-0.05, 0) is 60.4 Å². The second-order valence-corrected chi connectivity index (χ2v) is 12.6. The van der Waals surface area contributed by atoms with Crippen LogP contribution in [-0.4, -0.2) is 9.13 Å². The predicted molar refractivity (Wildman–Crippen MR) is 191 cm³/mol. The van der Waals surface area contributed by atoms with Gasteiger partial charge < -0.3 is 33.9 Å². The molecule has 0 unspecified atom stereocenters. The molecule has 0 amide bonds. The fourth-order valence-corrected chi connectivity index (χ4v) is 7.68. The quantitative estimate of drug-likeness (QED) is 0.210. The Bertz CT molecular complexity index is 2280. The van der Waals surface area contributed by atoms with Crippen molar-refractivity contribution < 1.29 is 51.0 Å². The maximum Gasteiger partial charge on any atom is 4.00 e. The number of benzene rings is 6. The van der Waals surface area contributed by atoms with Gasteiger partial charge in [0.2, 0.25) is 0 Å². The van der Waals surface area contributed by atoms with Gasteiger partial charge in [-0.2, -0.15) is 36.4 Å². The van der Waals surface area contributed by atoms with Gasteiger partial charge in [-0.3, -0.25) is 0 Å². The van der Waals surface area contributed by atoms with E-state index < -0.39 is 0 Å². The van der Waals surface area contributed by atoms with Gasteiger partial charge >= 0.3 is 26.2 Å². The van der Waals surface area contributed by atoms with Gasteiger partial charge in [-0.25, -0.2) is 0 Å². The molecule has 0 atom stereocenters. The largest absolute Gasteiger partial charge is 4.00 e. The van der Waals surface area contributed by atoms with E-state index in [2.05, 4.69) is 143 Å². The average Bonchev–Trinajstić information content (AvgIpc) is 3.82. The molecule has 0 saturated heterocycles. The summed E-state index contributed by atoms with van der Waals surface area (Å²) in [5, 5.41) is 3.99. The van der Waals surface area contributed by atoms with E-state index in [0.717, 1.165) is 12.8 Å². The third-order valence-electron chi connectivity index (χ3n) is 9.19. The summed E-state index contributed by atoms with van der Waals surface area (Å²) in [6.45, 7) is 0. The monoisotopic (exact) mass is 788 g/mol. The molecular weight excluding hydrogens is 766 g/mol. The number of para-hydroxylation sites is 4. The molecule has 2 nitrogen and oxygen atoms in total. The number of nitrogens with zero attached hydrogens (tertiary/aromatic N) is 2. The zero-order chi connectivity index (χ0) is 30.8. The van der Waals surface area contributed by atoms with E-state index >= 15 is 0 Å². The van der Waals surface area contributed by atoms with Crippen LogP contribution in [0.4, 0.5) is 0 Å². The Hall–Kier alpha value is -3.56. The van der Waals surface area contributed by atoms with Gasteiger partial charge in [-0.1, -0.05) is 82.8 Å². The van der Waals surface area contributed by atoms with Crippen molar-refractivity contribution in [2.45, 2.75) is 12.8 Å². The third kappa shape index (κ3) is 5.90. The molecule has 10 rings (SSSR count). The first kappa shape index (κ1) is 35.3. The standard InChI is InChI=1S/2C21H13ClN.2ClH.Zr/c2*22-15-10-11-17-14(12-15)13-19-18-8-4-5-9-20(18)23(21(17)19)16-6-2-1-3-7-16;;;/h2*1-11H,13H2;2*1H;/q2*-1;;;+4/p-2. The Morgan fingerprint density at radius 3 is 1.22 bits per heavy atom. The van der Waals surface area contributed by atoms with Crippen LogP contribution in [0.3, 0.4) is 0 Å². The van der Waals surface area contributed by atoms with Crippen LogP contribution in [0.15, 0.2) is 133 Å². The van der Waals surface area contributed by atoms with E-state index in [1.165, 1.54) is 77.9 Å². The molecule has 6 aromatic carbocycles. The van der Waals surface area contributed by atoms with Crippen LogP contribution in [0.2, 0.25) is 10.0 Å². The molecule has 236 valence electrons. The van der Waals surface area contributed by atoms with Crippen LogP contribution in [0.1, 0.15) is 22.3 Å². The molecule has 2 heterocycles. The summed E-state index contributed by atoms with van der Waals surface area (Å²) in [7, 11) is 0. The fraction of sp³-hybridized carbons (Fsp3) is 0.0476. The molecule has 0 fully saturated rings. The van der Waals surface area contributed by atoms with Crippen molar-refractivity contribution in [3.63, 3.8) is 0 Å². The molecule has 2 aliphatic carbocycles. The van der Waals surface area contributed by atoms with Gasteiger partial charge in [0.15, 0.2) is 0 Å². The van der Waals surface area contributed by atoms with Crippen molar-refractivity contribution >= 4 is 45.0 Å². The smallest absolute Gasteiger partial charge is 1.00 e. The van der Waals surface area contributed by atoms with Crippen molar-refractivity contribution in [1.29, 1.82) is 0 Å². The first-order chi connectivity index (χ1) is 22.7. The summed E-state index contributed by atoms with van der Waals surface area (Å²) in [5.41, 5.74) is 15.1. The number of fused-ring (bicyclic) bond motifs is 10. The summed E-state index contributed by atoms with van der Waals surface area (Å²) in [4.78, 5) is 0. The minimum Gasteiger partial charge on any atom is -1.00 e. The average molecular weight is 792 g/mol. The summed E-state index contributed by atoms with van der Waals surface area (Å²) in [6.07, 6.45) is 1.79. The zero-order valence-corrected chi connectivity index (χ0v) is 31.5. The van der Waals surface area contributed by atoms with E-state index in [9.17, 15) is 0 Å². The maximum atomic E-state index is 6.15. The maximum absolute atomic E-state index is 6.15. The van der Waals surface area contributed by atoms with Gasteiger partial charge in [0.05, 0.1) is 11.0 Å². The van der Waals surface area contributed by atoms with Crippen molar-refractivity contribution in [3.05, 3.63) is 178 Å². The fourth-order valence-electron chi connectivity index (χ4n) is 7.32. The first-order valence-corrected chi connectivity index (χ1v) is 16.2. The molecule has 2 aliphatic rings. The number of hydrogen-bond acceptors (Lipinski definition) is 0. The van der Waals surface area contributed by atoms with Crippen molar-refractivity contribution in [3.8, 4) is 33.9 Å². The SMILES string of the molecule is Clc1[c-]c2c(cc1)-c1c(c3ccccc3n1-c1ccccc1)C2.Clc1[c-]c2c(cc1)-c1c(c3ccccc3n1-c1ccccc1)C2.[Cl-].[Cl-].[Zr+4]. The van der Waals surface area contributed by atoms with Crippen molar-refractivity contribution in [2.75, 3.05) is 0 Å². The minimum absolute atomic E-state index is 0. The van der Waals surface area contributed by atoms with Gasteiger partial charge in [-0.15, -0.1) is 45.5 Å². The molecule has 0 aliphatic heterocycles. The molecule has 0 saturated carbocycles. The first-order valence-electron chi connectivity index (χ1n) is 15.4. The van der Waals surface area contributed by atoms with Crippen LogP contribution < -0.4 is 24.8 Å². The number of halogens is 4. The van der Waals surface area contributed by atoms with E-state index in [1.807, 2.05) is 12.1 Å². The Kier molecular flexibility index (Phi) is 10.3. The van der Waals surface area contributed by atoms with E-state index in [-0.39, 0.29) is 51.0 Å². The number of rotatable bonds is 2. The Morgan fingerprint density at radius 2 is 0.816 bits per heavy atom. The summed E-state index contributed by atoms with van der Waals surface area (Å²) < 4.78 is 4.72. The topological polar surface area (TPSA) is 9.86 Å². The molecule has 0 spiro atoms. The van der Waals surface area contributed by atoms with Gasteiger partial charge in [0.25, 0.3) is 0 Å². The zero-order valence-electron chi connectivity index (χ0n) is 26.0. The van der Waals surface area contributed by atoms with Crippen LogP contribution in [0.25, 0.3) is 55.7 Å². The summed E-state index contributed by atoms with van der Waals surface area (Å²) in [5.74, 6) is 0. The molecule has 8 aromatic rings. The molecule has 7 heteroatoms. The second-order valence-electron chi connectivity index (χ2n) is 11.8. The van der Waals surface area contributed by atoms with Gasteiger partial charge in [0.1, 0.15) is 0 Å². The molecular formula is C42H26Cl4N2Zr. The molecule has 0 radical (unpaired) electrons. The summed E-state index contributed by atoms with van der Waals surface area (Å²) >= 11 is 12.3. The Morgan fingerprint density at radius 1 is 0.449 bits per heavy atom. The molecule has 49 heavy (non-hydrogen) atoms. The van der Waals surface area contributed by atoms with Gasteiger partial charge in [0, 0.05) is 33.5 Å². The van der Waals surface area contributed by atoms with Crippen LogP contribution >= 0.6 is 23.2 Å². The Labute approximate surface area is 327 Å². The van der Waals surface area contributed by atoms with E-state index in [1.54, 1.807) is 0 Å². The van der Waals surface area contributed by atoms with Crippen molar-refractivity contribution in [2.24, 2.45) is 0 Å². The minimum atomic E-state index is 0. The van der Waals surface area contributed by atoms with Crippen LogP contribution in [-0.2, 0) is 39.0 Å². The second kappa shape index (κ2) is 14.4. The number of hydrogen-bond donors (Lipinski definition) is 0. The van der Waals surface area contributed by atoms with Crippen molar-refractivity contribution in [1.82, 2.24) is 9.13 Å².